The Bertz CT molecular complexity index is 1090. The maximum atomic E-state index is 14.6. The predicted molar refractivity (Wildman–Crippen MR) is 152 cm³/mol. The van der Waals surface area contributed by atoms with Crippen LogP contribution in [0.25, 0.3) is 0 Å². The van der Waals surface area contributed by atoms with E-state index < -0.39 is 5.41 Å². The minimum absolute atomic E-state index is 0.0282. The number of hydrogen-bond acceptors (Lipinski definition) is 5. The molecule has 5 aliphatic carbocycles. The van der Waals surface area contributed by atoms with Crippen molar-refractivity contribution < 1.29 is 19.2 Å². The summed E-state index contributed by atoms with van der Waals surface area (Å²) in [5.74, 6) is 1.08. The molecule has 2 spiro atoms. The predicted octanol–water partition coefficient (Wildman–Crippen LogP) is 5.08. The zero-order valence-corrected chi connectivity index (χ0v) is 25.9. The van der Waals surface area contributed by atoms with Gasteiger partial charge in [0.25, 0.3) is 0 Å². The van der Waals surface area contributed by atoms with Crippen LogP contribution in [0.2, 0.25) is 0 Å². The normalized spacial score (nSPS) is 49.7. The molecule has 6 nitrogen and oxygen atoms in total. The molecule has 0 radical (unpaired) electrons. The molecule has 12 atom stereocenters. The van der Waals surface area contributed by atoms with E-state index in [1.165, 1.54) is 0 Å². The summed E-state index contributed by atoms with van der Waals surface area (Å²) in [6.45, 7) is 14.7. The number of fused-ring (bicyclic) bond motifs is 2. The number of nitrogens with zero attached hydrogens (tertiary/aromatic N) is 1. The van der Waals surface area contributed by atoms with Crippen molar-refractivity contribution in [1.82, 2.24) is 10.2 Å². The van der Waals surface area contributed by atoms with Gasteiger partial charge in [-0.25, -0.2) is 0 Å². The fourth-order valence-corrected chi connectivity index (χ4v) is 11.5. The van der Waals surface area contributed by atoms with Crippen LogP contribution < -0.4 is 5.32 Å². The standard InChI is InChI=1S/C33H52N2O4/c1-10-19(2)28(39)34-25-13-14-32-17-33(32)24(12-11-23(32)29(25,5)18-36)30(6)15-22(21(4)37)27(20(3)35(8)9)31(30,7)16-26(33)38/h18-20,22-25,27H,10-17H2,1-9H3,(H,34,39)/t19-,20-,22-,23-,24-,25-,27-,29-,30-,31+,32+,33-/m0/s1. The second-order valence-corrected chi connectivity index (χ2v) is 15.5. The molecule has 5 saturated carbocycles. The number of nitrogens with one attached hydrogen (secondary N) is 1. The number of ketones is 2. The lowest BCUT2D eigenvalue weighted by molar-refractivity contribution is -0.171. The van der Waals surface area contributed by atoms with Crippen molar-refractivity contribution in [3.8, 4) is 0 Å². The van der Waals surface area contributed by atoms with Crippen LogP contribution in [0.3, 0.4) is 0 Å². The molecule has 6 heteroatoms. The maximum Gasteiger partial charge on any atom is 0.223 e. The summed E-state index contributed by atoms with van der Waals surface area (Å²) in [6, 6.07) is 0.0276. The van der Waals surface area contributed by atoms with E-state index in [1.807, 2.05) is 13.8 Å². The van der Waals surface area contributed by atoms with Crippen molar-refractivity contribution in [2.45, 2.75) is 112 Å². The first-order chi connectivity index (χ1) is 18.1. The van der Waals surface area contributed by atoms with E-state index in [0.717, 1.165) is 51.2 Å². The van der Waals surface area contributed by atoms with Gasteiger partial charge < -0.3 is 15.0 Å². The Morgan fingerprint density at radius 1 is 1.08 bits per heavy atom. The highest BCUT2D eigenvalue weighted by atomic mass is 16.2. The zero-order valence-electron chi connectivity index (χ0n) is 25.9. The van der Waals surface area contributed by atoms with Crippen molar-refractivity contribution in [3.63, 3.8) is 0 Å². The minimum Gasteiger partial charge on any atom is -0.352 e. The van der Waals surface area contributed by atoms with Crippen LogP contribution in [0.1, 0.15) is 99.8 Å². The molecule has 39 heavy (non-hydrogen) atoms. The van der Waals surface area contributed by atoms with Gasteiger partial charge in [-0.15, -0.1) is 0 Å². The molecule has 0 aliphatic heterocycles. The van der Waals surface area contributed by atoms with Crippen LogP contribution in [-0.4, -0.2) is 54.8 Å². The Labute approximate surface area is 235 Å². The molecule has 1 amide bonds. The summed E-state index contributed by atoms with van der Waals surface area (Å²) >= 11 is 0. The Hall–Kier alpha value is -1.56. The van der Waals surface area contributed by atoms with E-state index in [2.05, 4.69) is 52.0 Å². The van der Waals surface area contributed by atoms with Gasteiger partial charge in [-0.1, -0.05) is 34.6 Å². The molecule has 0 heterocycles. The maximum absolute atomic E-state index is 14.6. The first kappa shape index (κ1) is 29.0. The van der Waals surface area contributed by atoms with Crippen LogP contribution in [0, 0.1) is 56.7 Å². The van der Waals surface area contributed by atoms with Gasteiger partial charge in [0.15, 0.2) is 0 Å². The number of carbonyl (C=O) groups is 4. The molecular weight excluding hydrogens is 488 g/mol. The summed E-state index contributed by atoms with van der Waals surface area (Å²) in [5.41, 5.74) is -1.53. The van der Waals surface area contributed by atoms with E-state index in [0.29, 0.717) is 12.2 Å². The van der Waals surface area contributed by atoms with E-state index in [1.54, 1.807) is 6.92 Å². The Balaban J connectivity index is 1.52. The summed E-state index contributed by atoms with van der Waals surface area (Å²) in [7, 11) is 4.18. The third kappa shape index (κ3) is 3.42. The molecule has 0 aromatic rings. The fourth-order valence-electron chi connectivity index (χ4n) is 11.5. The van der Waals surface area contributed by atoms with Gasteiger partial charge in [-0.3, -0.25) is 14.4 Å². The summed E-state index contributed by atoms with van der Waals surface area (Å²) in [4.78, 5) is 55.7. The third-order valence-corrected chi connectivity index (χ3v) is 14.1. The quantitative estimate of drug-likeness (QED) is 0.456. The van der Waals surface area contributed by atoms with E-state index in [9.17, 15) is 19.2 Å². The second kappa shape index (κ2) is 8.97. The lowest BCUT2D eigenvalue weighted by Gasteiger charge is -2.62. The molecule has 218 valence electrons. The van der Waals surface area contributed by atoms with Crippen molar-refractivity contribution in [2.75, 3.05) is 14.1 Å². The molecule has 1 N–H and O–H groups in total. The van der Waals surface area contributed by atoms with Gasteiger partial charge in [0.1, 0.15) is 17.9 Å². The second-order valence-electron chi connectivity index (χ2n) is 15.5. The Kier molecular flexibility index (Phi) is 6.66. The molecule has 0 aromatic carbocycles. The summed E-state index contributed by atoms with van der Waals surface area (Å²) in [5, 5.41) is 3.26. The van der Waals surface area contributed by atoms with Gasteiger partial charge >= 0.3 is 0 Å². The third-order valence-electron chi connectivity index (χ3n) is 14.1. The largest absolute Gasteiger partial charge is 0.352 e. The van der Waals surface area contributed by atoms with E-state index in [4.69, 9.17) is 0 Å². The lowest BCUT2D eigenvalue weighted by Crippen LogP contribution is -2.63. The van der Waals surface area contributed by atoms with Crippen molar-refractivity contribution >= 4 is 23.8 Å². The van der Waals surface area contributed by atoms with Crippen LogP contribution in [0.5, 0.6) is 0 Å². The van der Waals surface area contributed by atoms with E-state index in [-0.39, 0.29) is 75.0 Å². The van der Waals surface area contributed by atoms with Gasteiger partial charge in [-0.05, 0) is 107 Å². The van der Waals surface area contributed by atoms with E-state index >= 15 is 0 Å². The zero-order chi connectivity index (χ0) is 28.9. The van der Waals surface area contributed by atoms with Gasteiger partial charge in [0, 0.05) is 41.2 Å². The molecule has 5 fully saturated rings. The first-order valence-electron chi connectivity index (χ1n) is 15.6. The monoisotopic (exact) mass is 540 g/mol. The average molecular weight is 541 g/mol. The van der Waals surface area contributed by atoms with Gasteiger partial charge in [0.05, 0.1) is 0 Å². The van der Waals surface area contributed by atoms with Gasteiger partial charge in [0.2, 0.25) is 5.91 Å². The lowest BCUT2D eigenvalue weighted by atomic mass is 9.41. The fraction of sp³-hybridized carbons (Fsp3) is 0.879. The summed E-state index contributed by atoms with van der Waals surface area (Å²) in [6.07, 6.45) is 7.65. The highest BCUT2D eigenvalue weighted by molar-refractivity contribution is 5.93. The Morgan fingerprint density at radius 3 is 2.28 bits per heavy atom. The highest BCUT2D eigenvalue weighted by Gasteiger charge is 2.86. The highest BCUT2D eigenvalue weighted by Crippen LogP contribution is 2.88. The topological polar surface area (TPSA) is 83.6 Å². The van der Waals surface area contributed by atoms with Crippen molar-refractivity contribution in [2.24, 2.45) is 56.7 Å². The van der Waals surface area contributed by atoms with Crippen LogP contribution >= 0.6 is 0 Å². The number of hydrogen-bond donors (Lipinski definition) is 1. The number of aldehydes is 1. The molecule has 5 rings (SSSR count). The van der Waals surface area contributed by atoms with Crippen LogP contribution in [-0.2, 0) is 19.2 Å². The smallest absolute Gasteiger partial charge is 0.223 e. The number of amides is 1. The molecule has 0 bridgehead atoms. The molecule has 0 unspecified atom stereocenters. The van der Waals surface area contributed by atoms with Gasteiger partial charge in [-0.2, -0.15) is 0 Å². The SMILES string of the molecule is CC[C@H](C)C(=O)N[C@H]1CC[C@]23C[C@]24C(=O)C[C@]2(C)[C@@H]([C@H](C)N(C)C)[C@H](C(C)=O)C[C@@]2(C)[C@@H]4CC[C@H]3[C@]1(C)C=O. The molecular formula is C33H52N2O4. The number of Topliss-reactive ketones (excluding diaryl/α,β-unsaturated/α-hetero) is 2. The number of rotatable bonds is 7. The minimum atomic E-state index is -0.669. The number of carbonyl (C=O) groups excluding carboxylic acids is 4. The molecule has 0 saturated heterocycles. The van der Waals surface area contributed by atoms with Crippen molar-refractivity contribution in [1.29, 1.82) is 0 Å². The Morgan fingerprint density at radius 2 is 1.72 bits per heavy atom. The summed E-state index contributed by atoms with van der Waals surface area (Å²) < 4.78 is 0. The van der Waals surface area contributed by atoms with Crippen molar-refractivity contribution in [3.05, 3.63) is 0 Å². The van der Waals surface area contributed by atoms with Crippen LogP contribution in [0.15, 0.2) is 0 Å². The molecule has 0 aromatic heterocycles. The molecule has 5 aliphatic rings. The average Bonchev–Trinajstić information content (AvgIpc) is 3.51. The first-order valence-corrected chi connectivity index (χ1v) is 15.6. The van der Waals surface area contributed by atoms with Crippen LogP contribution in [0.4, 0.5) is 0 Å².